The molecule has 1 aliphatic heterocycles. The number of carbonyl (C=O) groups is 1. The summed E-state index contributed by atoms with van der Waals surface area (Å²) in [6, 6.07) is 13.0. The number of rotatable bonds is 4. The number of benzene rings is 2. The fourth-order valence-electron chi connectivity index (χ4n) is 2.98. The molecular formula is C19H19NO4. The van der Waals surface area contributed by atoms with Crippen molar-refractivity contribution in [2.75, 3.05) is 20.3 Å². The molecule has 0 radical (unpaired) electrons. The molecule has 124 valence electrons. The minimum Gasteiger partial charge on any atom is -0.497 e. The second-order valence-corrected chi connectivity index (χ2v) is 6.12. The van der Waals surface area contributed by atoms with E-state index in [9.17, 15) is 4.79 Å². The summed E-state index contributed by atoms with van der Waals surface area (Å²) in [5.74, 6) is 2.18. The molecule has 0 atom stereocenters. The van der Waals surface area contributed by atoms with Crippen molar-refractivity contribution in [2.24, 2.45) is 0 Å². The van der Waals surface area contributed by atoms with Crippen LogP contribution in [0.5, 0.6) is 17.2 Å². The zero-order valence-electron chi connectivity index (χ0n) is 13.5. The van der Waals surface area contributed by atoms with Crippen LogP contribution >= 0.6 is 0 Å². The number of fused-ring (bicyclic) bond motifs is 1. The van der Waals surface area contributed by atoms with E-state index in [4.69, 9.17) is 14.2 Å². The molecule has 4 rings (SSSR count). The Labute approximate surface area is 140 Å². The summed E-state index contributed by atoms with van der Waals surface area (Å²) in [4.78, 5) is 12.6. The molecule has 1 saturated carbocycles. The normalized spacial score (nSPS) is 17.0. The number of amides is 1. The third-order valence-electron chi connectivity index (χ3n) is 4.55. The van der Waals surface area contributed by atoms with Gasteiger partial charge in [0.25, 0.3) is 5.91 Å². The molecule has 0 aromatic heterocycles. The van der Waals surface area contributed by atoms with Crippen LogP contribution in [0.15, 0.2) is 42.5 Å². The average molecular weight is 325 g/mol. The lowest BCUT2D eigenvalue weighted by atomic mass is 10.0. The van der Waals surface area contributed by atoms with Crippen LogP contribution in [0.2, 0.25) is 0 Å². The van der Waals surface area contributed by atoms with Crippen LogP contribution < -0.4 is 19.5 Å². The summed E-state index contributed by atoms with van der Waals surface area (Å²) >= 11 is 0. The zero-order chi connectivity index (χ0) is 16.6. The number of nitrogens with one attached hydrogen (secondary N) is 1. The van der Waals surface area contributed by atoms with Crippen molar-refractivity contribution < 1.29 is 19.0 Å². The average Bonchev–Trinajstić information content (AvgIpc) is 3.42. The van der Waals surface area contributed by atoms with E-state index in [1.54, 1.807) is 31.4 Å². The van der Waals surface area contributed by atoms with Gasteiger partial charge >= 0.3 is 0 Å². The van der Waals surface area contributed by atoms with E-state index in [1.807, 2.05) is 18.2 Å². The molecule has 0 saturated heterocycles. The second-order valence-electron chi connectivity index (χ2n) is 6.12. The zero-order valence-corrected chi connectivity index (χ0v) is 13.5. The van der Waals surface area contributed by atoms with Crippen LogP contribution in [0.3, 0.4) is 0 Å². The van der Waals surface area contributed by atoms with Gasteiger partial charge in [0.1, 0.15) is 19.0 Å². The van der Waals surface area contributed by atoms with Crippen molar-refractivity contribution in [2.45, 2.75) is 18.4 Å². The predicted octanol–water partition coefficient (Wildman–Crippen LogP) is 2.89. The van der Waals surface area contributed by atoms with Crippen molar-refractivity contribution in [1.82, 2.24) is 5.32 Å². The lowest BCUT2D eigenvalue weighted by molar-refractivity contribution is 0.0930. The fourth-order valence-corrected chi connectivity index (χ4v) is 2.98. The van der Waals surface area contributed by atoms with Gasteiger partial charge in [-0.25, -0.2) is 0 Å². The Kier molecular flexibility index (Phi) is 3.56. The number of ether oxygens (including phenoxy) is 3. The van der Waals surface area contributed by atoms with Gasteiger partial charge in [0.2, 0.25) is 0 Å². The second kappa shape index (κ2) is 5.74. The van der Waals surface area contributed by atoms with Gasteiger partial charge in [0.05, 0.1) is 12.6 Å². The molecule has 1 amide bonds. The molecule has 5 nitrogen and oxygen atoms in total. The Bertz CT molecular complexity index is 765. The van der Waals surface area contributed by atoms with E-state index in [-0.39, 0.29) is 11.4 Å². The summed E-state index contributed by atoms with van der Waals surface area (Å²) in [5, 5.41) is 3.17. The lowest BCUT2D eigenvalue weighted by Gasteiger charge is -2.22. The van der Waals surface area contributed by atoms with Gasteiger partial charge in [0, 0.05) is 5.56 Å². The standard InChI is InChI=1S/C19H19NO4/c1-22-15-5-2-13(3-6-15)18(21)20-19(8-9-19)14-4-7-16-17(12-14)24-11-10-23-16/h2-7,12H,8-11H2,1H3,(H,20,21). The summed E-state index contributed by atoms with van der Waals surface area (Å²) in [5.41, 5.74) is 1.39. The fraction of sp³-hybridized carbons (Fsp3) is 0.316. The maximum absolute atomic E-state index is 12.6. The molecule has 2 aliphatic rings. The maximum atomic E-state index is 12.6. The summed E-state index contributed by atoms with van der Waals surface area (Å²) in [6.45, 7) is 1.13. The van der Waals surface area contributed by atoms with Gasteiger partial charge in [0.15, 0.2) is 11.5 Å². The van der Waals surface area contributed by atoms with Gasteiger partial charge in [-0.3, -0.25) is 4.79 Å². The van der Waals surface area contributed by atoms with Crippen LogP contribution in [-0.4, -0.2) is 26.2 Å². The maximum Gasteiger partial charge on any atom is 0.251 e. The van der Waals surface area contributed by atoms with Crippen molar-refractivity contribution in [3.05, 3.63) is 53.6 Å². The van der Waals surface area contributed by atoms with Crippen molar-refractivity contribution in [1.29, 1.82) is 0 Å². The van der Waals surface area contributed by atoms with Gasteiger partial charge in [-0.15, -0.1) is 0 Å². The van der Waals surface area contributed by atoms with E-state index in [1.165, 1.54) is 0 Å². The number of methoxy groups -OCH3 is 1. The topological polar surface area (TPSA) is 56.8 Å². The Morgan fingerprint density at radius 3 is 2.42 bits per heavy atom. The first-order valence-corrected chi connectivity index (χ1v) is 8.07. The monoisotopic (exact) mass is 325 g/mol. The largest absolute Gasteiger partial charge is 0.497 e. The minimum absolute atomic E-state index is 0.0787. The molecule has 1 fully saturated rings. The van der Waals surface area contributed by atoms with E-state index in [0.717, 1.165) is 35.7 Å². The highest BCUT2D eigenvalue weighted by Gasteiger charge is 2.46. The summed E-state index contributed by atoms with van der Waals surface area (Å²) in [7, 11) is 1.61. The molecule has 0 unspecified atom stereocenters. The molecule has 24 heavy (non-hydrogen) atoms. The molecule has 0 spiro atoms. The SMILES string of the molecule is COc1ccc(C(=O)NC2(c3ccc4c(c3)OCCO4)CC2)cc1. The highest BCUT2D eigenvalue weighted by Crippen LogP contribution is 2.48. The molecule has 2 aromatic carbocycles. The molecule has 1 heterocycles. The Morgan fingerprint density at radius 2 is 1.75 bits per heavy atom. The number of hydrogen-bond acceptors (Lipinski definition) is 4. The third kappa shape index (κ3) is 2.66. The van der Waals surface area contributed by atoms with E-state index >= 15 is 0 Å². The summed E-state index contributed by atoms with van der Waals surface area (Å²) in [6.07, 6.45) is 1.85. The molecule has 1 aliphatic carbocycles. The van der Waals surface area contributed by atoms with Gasteiger partial charge in [-0.2, -0.15) is 0 Å². The van der Waals surface area contributed by atoms with Crippen LogP contribution in [0.4, 0.5) is 0 Å². The van der Waals surface area contributed by atoms with Crippen molar-refractivity contribution in [3.63, 3.8) is 0 Å². The number of hydrogen-bond donors (Lipinski definition) is 1. The first-order chi connectivity index (χ1) is 11.7. The molecule has 5 heteroatoms. The van der Waals surface area contributed by atoms with Crippen LogP contribution in [0, 0.1) is 0 Å². The molecule has 2 aromatic rings. The molecule has 0 bridgehead atoms. The van der Waals surface area contributed by atoms with E-state index < -0.39 is 0 Å². The van der Waals surface area contributed by atoms with E-state index in [0.29, 0.717) is 18.8 Å². The number of carbonyl (C=O) groups excluding carboxylic acids is 1. The quantitative estimate of drug-likeness (QED) is 0.939. The third-order valence-corrected chi connectivity index (χ3v) is 4.55. The summed E-state index contributed by atoms with van der Waals surface area (Å²) < 4.78 is 16.3. The van der Waals surface area contributed by atoms with Crippen LogP contribution in [0.25, 0.3) is 0 Å². The minimum atomic E-state index is -0.299. The van der Waals surface area contributed by atoms with Crippen molar-refractivity contribution >= 4 is 5.91 Å². The Hall–Kier alpha value is -2.69. The smallest absolute Gasteiger partial charge is 0.251 e. The molecule has 1 N–H and O–H groups in total. The van der Waals surface area contributed by atoms with Gasteiger partial charge < -0.3 is 19.5 Å². The molecular weight excluding hydrogens is 306 g/mol. The Morgan fingerprint density at radius 1 is 1.04 bits per heavy atom. The predicted molar refractivity (Wildman–Crippen MR) is 88.8 cm³/mol. The van der Waals surface area contributed by atoms with Gasteiger partial charge in [-0.1, -0.05) is 6.07 Å². The first kappa shape index (κ1) is 14.9. The Balaban J connectivity index is 1.54. The van der Waals surface area contributed by atoms with E-state index in [2.05, 4.69) is 5.32 Å². The van der Waals surface area contributed by atoms with Gasteiger partial charge in [-0.05, 0) is 54.8 Å². The van der Waals surface area contributed by atoms with Crippen LogP contribution in [-0.2, 0) is 5.54 Å². The van der Waals surface area contributed by atoms with Crippen molar-refractivity contribution in [3.8, 4) is 17.2 Å². The van der Waals surface area contributed by atoms with Crippen LogP contribution in [0.1, 0.15) is 28.8 Å². The first-order valence-electron chi connectivity index (χ1n) is 8.07. The lowest BCUT2D eigenvalue weighted by Crippen LogP contribution is -2.35. The highest BCUT2D eigenvalue weighted by molar-refractivity contribution is 5.95. The highest BCUT2D eigenvalue weighted by atomic mass is 16.6.